The van der Waals surface area contributed by atoms with E-state index in [1.807, 2.05) is 25.4 Å². The maximum atomic E-state index is 6.10. The van der Waals surface area contributed by atoms with E-state index >= 15 is 0 Å². The van der Waals surface area contributed by atoms with Crippen LogP contribution in [0.15, 0.2) is 18.3 Å². The van der Waals surface area contributed by atoms with E-state index in [2.05, 4.69) is 15.1 Å². The highest BCUT2D eigenvalue weighted by atomic mass is 35.5. The molecular formula is C13H15ClN4. The minimum atomic E-state index is 0.507. The smallest absolute Gasteiger partial charge is 0.181 e. The molecule has 0 saturated heterocycles. The fourth-order valence-corrected chi connectivity index (χ4v) is 2.71. The Morgan fingerprint density at radius 3 is 2.72 bits per heavy atom. The Morgan fingerprint density at radius 1 is 1.28 bits per heavy atom. The number of halogens is 1. The maximum absolute atomic E-state index is 6.10. The van der Waals surface area contributed by atoms with Crippen molar-refractivity contribution in [1.82, 2.24) is 19.7 Å². The lowest BCUT2D eigenvalue weighted by atomic mass is 10.0. The summed E-state index contributed by atoms with van der Waals surface area (Å²) in [4.78, 5) is 8.90. The van der Waals surface area contributed by atoms with Crippen LogP contribution >= 0.6 is 11.6 Å². The van der Waals surface area contributed by atoms with Gasteiger partial charge in [-0.15, -0.1) is 0 Å². The third kappa shape index (κ3) is 2.25. The van der Waals surface area contributed by atoms with Gasteiger partial charge in [0.15, 0.2) is 5.82 Å². The molecule has 94 valence electrons. The molecule has 2 aromatic heterocycles. The van der Waals surface area contributed by atoms with E-state index in [1.54, 1.807) is 4.68 Å². The zero-order valence-electron chi connectivity index (χ0n) is 10.3. The van der Waals surface area contributed by atoms with E-state index in [1.165, 1.54) is 25.7 Å². The summed E-state index contributed by atoms with van der Waals surface area (Å²) in [5.41, 5.74) is 1.84. The van der Waals surface area contributed by atoms with E-state index in [4.69, 9.17) is 11.6 Å². The van der Waals surface area contributed by atoms with Crippen LogP contribution in [0.4, 0.5) is 0 Å². The summed E-state index contributed by atoms with van der Waals surface area (Å²) in [5, 5.41) is 4.83. The Balaban J connectivity index is 1.99. The molecule has 5 heteroatoms. The lowest BCUT2D eigenvalue weighted by Gasteiger charge is -2.09. The van der Waals surface area contributed by atoms with Gasteiger partial charge in [-0.3, -0.25) is 4.68 Å². The molecule has 2 aromatic rings. The first-order valence-electron chi connectivity index (χ1n) is 6.27. The van der Waals surface area contributed by atoms with Crippen molar-refractivity contribution in [3.8, 4) is 11.5 Å². The molecule has 1 saturated carbocycles. The molecule has 0 amide bonds. The van der Waals surface area contributed by atoms with Crippen molar-refractivity contribution in [3.63, 3.8) is 0 Å². The molecule has 1 aliphatic carbocycles. The summed E-state index contributed by atoms with van der Waals surface area (Å²) in [6.07, 6.45) is 6.86. The summed E-state index contributed by atoms with van der Waals surface area (Å²) in [6.45, 7) is 0. The zero-order chi connectivity index (χ0) is 12.5. The Bertz CT molecular complexity index is 558. The third-order valence-electron chi connectivity index (χ3n) is 3.43. The summed E-state index contributed by atoms with van der Waals surface area (Å²) >= 11 is 6.10. The summed E-state index contributed by atoms with van der Waals surface area (Å²) < 4.78 is 1.74. The average molecular weight is 263 g/mol. The Hall–Kier alpha value is -1.42. The quantitative estimate of drug-likeness (QED) is 0.781. The van der Waals surface area contributed by atoms with Gasteiger partial charge in [-0.1, -0.05) is 24.4 Å². The highest BCUT2D eigenvalue weighted by Gasteiger charge is 2.20. The monoisotopic (exact) mass is 262 g/mol. The molecule has 0 radical (unpaired) electrons. The van der Waals surface area contributed by atoms with Gasteiger partial charge in [-0.25, -0.2) is 9.97 Å². The Kier molecular flexibility index (Phi) is 3.04. The van der Waals surface area contributed by atoms with Crippen molar-refractivity contribution >= 4 is 11.6 Å². The van der Waals surface area contributed by atoms with Gasteiger partial charge < -0.3 is 0 Å². The summed E-state index contributed by atoms with van der Waals surface area (Å²) in [6, 6.07) is 3.80. The molecule has 2 heterocycles. The first-order valence-corrected chi connectivity index (χ1v) is 6.64. The van der Waals surface area contributed by atoms with Gasteiger partial charge in [0, 0.05) is 24.9 Å². The summed E-state index contributed by atoms with van der Waals surface area (Å²) in [5.74, 6) is 1.16. The molecule has 1 fully saturated rings. The van der Waals surface area contributed by atoms with Crippen LogP contribution in [0.1, 0.15) is 37.3 Å². The lowest BCUT2D eigenvalue weighted by Crippen LogP contribution is -2.01. The van der Waals surface area contributed by atoms with Crippen molar-refractivity contribution in [2.45, 2.75) is 31.6 Å². The number of hydrogen-bond donors (Lipinski definition) is 0. The van der Waals surface area contributed by atoms with Crippen LogP contribution in [0.2, 0.25) is 5.15 Å². The number of aryl methyl sites for hydroxylation is 1. The fourth-order valence-electron chi connectivity index (χ4n) is 2.51. The van der Waals surface area contributed by atoms with Crippen LogP contribution in [-0.2, 0) is 7.05 Å². The lowest BCUT2D eigenvalue weighted by molar-refractivity contribution is 0.694. The molecule has 0 atom stereocenters. The molecule has 0 unspecified atom stereocenters. The summed E-state index contributed by atoms with van der Waals surface area (Å²) in [7, 11) is 1.88. The fraction of sp³-hybridized carbons (Fsp3) is 0.462. The minimum Gasteiger partial charge on any atom is -0.275 e. The van der Waals surface area contributed by atoms with Gasteiger partial charge in [-0.2, -0.15) is 5.10 Å². The SMILES string of the molecule is Cn1ccc(-c2nc(Cl)cc(C3CCCC3)n2)n1. The highest BCUT2D eigenvalue weighted by Crippen LogP contribution is 2.34. The first kappa shape index (κ1) is 11.7. The van der Waals surface area contributed by atoms with Crippen molar-refractivity contribution in [2.24, 2.45) is 7.05 Å². The van der Waals surface area contributed by atoms with Gasteiger partial charge in [0.25, 0.3) is 0 Å². The van der Waals surface area contributed by atoms with Crippen LogP contribution in [0.25, 0.3) is 11.5 Å². The van der Waals surface area contributed by atoms with Crippen LogP contribution in [0, 0.1) is 0 Å². The second kappa shape index (κ2) is 4.69. The Labute approximate surface area is 111 Å². The van der Waals surface area contributed by atoms with Crippen LogP contribution < -0.4 is 0 Å². The van der Waals surface area contributed by atoms with E-state index in [9.17, 15) is 0 Å². The van der Waals surface area contributed by atoms with Crippen LogP contribution in [-0.4, -0.2) is 19.7 Å². The molecular weight excluding hydrogens is 248 g/mol. The molecule has 0 N–H and O–H groups in total. The molecule has 1 aliphatic rings. The van der Waals surface area contributed by atoms with Gasteiger partial charge >= 0.3 is 0 Å². The van der Waals surface area contributed by atoms with Crippen molar-refractivity contribution in [2.75, 3.05) is 0 Å². The normalized spacial score (nSPS) is 16.3. The molecule has 3 rings (SSSR count). The van der Waals surface area contributed by atoms with Gasteiger partial charge in [-0.05, 0) is 25.0 Å². The van der Waals surface area contributed by atoms with E-state index in [0.717, 1.165) is 11.4 Å². The minimum absolute atomic E-state index is 0.507. The zero-order valence-corrected chi connectivity index (χ0v) is 11.1. The van der Waals surface area contributed by atoms with Gasteiger partial charge in [0.1, 0.15) is 10.8 Å². The van der Waals surface area contributed by atoms with E-state index in [0.29, 0.717) is 16.9 Å². The van der Waals surface area contributed by atoms with Crippen molar-refractivity contribution in [3.05, 3.63) is 29.2 Å². The number of rotatable bonds is 2. The second-order valence-corrected chi connectivity index (χ2v) is 5.18. The first-order chi connectivity index (χ1) is 8.72. The number of hydrogen-bond acceptors (Lipinski definition) is 3. The second-order valence-electron chi connectivity index (χ2n) is 4.80. The molecule has 0 spiro atoms. The van der Waals surface area contributed by atoms with Crippen molar-refractivity contribution in [1.29, 1.82) is 0 Å². The number of nitrogens with zero attached hydrogens (tertiary/aromatic N) is 4. The van der Waals surface area contributed by atoms with E-state index in [-0.39, 0.29) is 0 Å². The molecule has 0 aromatic carbocycles. The highest BCUT2D eigenvalue weighted by molar-refractivity contribution is 6.29. The third-order valence-corrected chi connectivity index (χ3v) is 3.62. The maximum Gasteiger partial charge on any atom is 0.181 e. The predicted molar refractivity (Wildman–Crippen MR) is 70.5 cm³/mol. The largest absolute Gasteiger partial charge is 0.275 e. The van der Waals surface area contributed by atoms with Crippen LogP contribution in [0.3, 0.4) is 0 Å². The average Bonchev–Trinajstić information content (AvgIpc) is 2.98. The van der Waals surface area contributed by atoms with Gasteiger partial charge in [0.05, 0.1) is 0 Å². The standard InChI is InChI=1S/C13H15ClN4/c1-18-7-6-10(17-18)13-15-11(8-12(14)16-13)9-4-2-3-5-9/h6-9H,2-5H2,1H3. The van der Waals surface area contributed by atoms with E-state index < -0.39 is 0 Å². The molecule has 18 heavy (non-hydrogen) atoms. The Morgan fingerprint density at radius 2 is 2.06 bits per heavy atom. The molecule has 4 nitrogen and oxygen atoms in total. The molecule has 0 bridgehead atoms. The topological polar surface area (TPSA) is 43.6 Å². The van der Waals surface area contributed by atoms with Crippen LogP contribution in [0.5, 0.6) is 0 Å². The van der Waals surface area contributed by atoms with Crippen molar-refractivity contribution < 1.29 is 0 Å². The predicted octanol–water partition coefficient (Wildman–Crippen LogP) is 3.19. The number of aromatic nitrogens is 4. The molecule has 0 aliphatic heterocycles. The van der Waals surface area contributed by atoms with Gasteiger partial charge in [0.2, 0.25) is 0 Å².